The van der Waals surface area contributed by atoms with Gasteiger partial charge in [0.25, 0.3) is 0 Å². The van der Waals surface area contributed by atoms with E-state index >= 15 is 0 Å². The average Bonchev–Trinajstić information content (AvgIpc) is 3.02. The van der Waals surface area contributed by atoms with E-state index in [0.29, 0.717) is 8.58 Å². The molecule has 1 fully saturated rings. The zero-order chi connectivity index (χ0) is 29.2. The maximum absolute atomic E-state index is 6.54. The van der Waals surface area contributed by atoms with E-state index in [1.165, 1.54) is 58.1 Å². The third kappa shape index (κ3) is 7.63. The van der Waals surface area contributed by atoms with Crippen LogP contribution < -0.4 is 14.9 Å². The summed E-state index contributed by atoms with van der Waals surface area (Å²) >= 11 is 0. The van der Waals surface area contributed by atoms with E-state index in [1.54, 1.807) is 7.11 Å². The number of methoxy groups -OCH3 is 1. The van der Waals surface area contributed by atoms with Gasteiger partial charge >= 0.3 is 0 Å². The molecule has 0 bridgehead atoms. The third-order valence-electron chi connectivity index (χ3n) is 8.39. The number of anilines is 1. The Morgan fingerprint density at radius 2 is 1.40 bits per heavy atom. The van der Waals surface area contributed by atoms with E-state index in [1.807, 2.05) is 0 Å². The van der Waals surface area contributed by atoms with Crippen LogP contribution in [0.2, 0.25) is 0 Å². The van der Waals surface area contributed by atoms with Crippen molar-refractivity contribution in [2.45, 2.75) is 63.9 Å². The van der Waals surface area contributed by atoms with Gasteiger partial charge in [0.2, 0.25) is 0 Å². The molecule has 3 nitrogen and oxygen atoms in total. The molecule has 0 saturated carbocycles. The van der Waals surface area contributed by atoms with Gasteiger partial charge < -0.3 is 14.4 Å². The number of hydrogen-bond acceptors (Lipinski definition) is 3. The number of ether oxygens (including phenoxy) is 2. The minimum absolute atomic E-state index is 0.0815. The number of piperidine rings is 1. The molecule has 1 aliphatic rings. The SMILES string of the molecule is CCCC(C)(Pc1ccccc1N1CCCCC1)c1cc(Cc2ccccc2)cc(Cc2ccccc2)c1OCOC. The van der Waals surface area contributed by atoms with Crippen LogP contribution in [0.3, 0.4) is 0 Å². The van der Waals surface area contributed by atoms with Crippen molar-refractivity contribution in [1.82, 2.24) is 0 Å². The Morgan fingerprint density at radius 3 is 2.07 bits per heavy atom. The number of para-hydroxylation sites is 1. The van der Waals surface area contributed by atoms with E-state index in [-0.39, 0.29) is 11.9 Å². The molecule has 5 rings (SSSR count). The highest BCUT2D eigenvalue weighted by Gasteiger charge is 2.33. The van der Waals surface area contributed by atoms with Crippen molar-refractivity contribution in [3.8, 4) is 5.75 Å². The van der Waals surface area contributed by atoms with Crippen LogP contribution >= 0.6 is 8.58 Å². The molecule has 0 spiro atoms. The highest BCUT2D eigenvalue weighted by atomic mass is 31.1. The van der Waals surface area contributed by atoms with Crippen LogP contribution in [-0.4, -0.2) is 27.0 Å². The van der Waals surface area contributed by atoms with Crippen molar-refractivity contribution >= 4 is 19.6 Å². The second kappa shape index (κ2) is 14.9. The molecule has 1 heterocycles. The van der Waals surface area contributed by atoms with E-state index in [0.717, 1.165) is 44.5 Å². The molecule has 2 unspecified atom stereocenters. The van der Waals surface area contributed by atoms with E-state index in [2.05, 4.69) is 116 Å². The summed E-state index contributed by atoms with van der Waals surface area (Å²) < 4.78 is 12.0. The van der Waals surface area contributed by atoms with Gasteiger partial charge in [0.1, 0.15) is 5.75 Å². The lowest BCUT2D eigenvalue weighted by Gasteiger charge is -2.36. The molecular weight excluding hydrogens is 533 g/mol. The average molecular weight is 580 g/mol. The first-order chi connectivity index (χ1) is 20.6. The number of benzene rings is 4. The van der Waals surface area contributed by atoms with Crippen LogP contribution in [0, 0.1) is 0 Å². The normalized spacial score (nSPS) is 15.2. The van der Waals surface area contributed by atoms with Gasteiger partial charge in [0, 0.05) is 43.0 Å². The molecule has 0 amide bonds. The molecular formula is C38H46NO2P. The first kappa shape index (κ1) is 30.3. The Balaban J connectivity index is 1.63. The summed E-state index contributed by atoms with van der Waals surface area (Å²) in [6.07, 6.45) is 7.82. The smallest absolute Gasteiger partial charge is 0.188 e. The minimum atomic E-state index is -0.0815. The fourth-order valence-electron chi connectivity index (χ4n) is 6.39. The number of rotatable bonds is 13. The number of nitrogens with zero attached hydrogens (tertiary/aromatic N) is 1. The van der Waals surface area contributed by atoms with Crippen molar-refractivity contribution in [1.29, 1.82) is 0 Å². The standard InChI is InChI=1S/C38H46NO2P/c1-4-22-38(2,42-36-21-13-12-20-35(36)39-23-14-7-15-24-39)34-28-32(25-30-16-8-5-9-17-30)27-33(37(34)41-29-40-3)26-31-18-10-6-11-19-31/h5-6,8-13,16-21,27-28,42H,4,7,14-15,22-26,29H2,1-3H3. The molecule has 0 radical (unpaired) electrons. The van der Waals surface area contributed by atoms with Gasteiger partial charge in [0.15, 0.2) is 6.79 Å². The minimum Gasteiger partial charge on any atom is -0.467 e. The molecule has 2 atom stereocenters. The summed E-state index contributed by atoms with van der Waals surface area (Å²) in [5, 5.41) is 1.38. The predicted octanol–water partition coefficient (Wildman–Crippen LogP) is 8.86. The zero-order valence-corrected chi connectivity index (χ0v) is 26.6. The second-order valence-electron chi connectivity index (χ2n) is 11.8. The first-order valence-corrected chi connectivity index (χ1v) is 16.6. The van der Waals surface area contributed by atoms with Crippen LogP contribution in [0.25, 0.3) is 0 Å². The van der Waals surface area contributed by atoms with Crippen molar-refractivity contribution < 1.29 is 9.47 Å². The predicted molar refractivity (Wildman–Crippen MR) is 180 cm³/mol. The molecule has 0 aromatic heterocycles. The van der Waals surface area contributed by atoms with Crippen molar-refractivity contribution in [3.63, 3.8) is 0 Å². The van der Waals surface area contributed by atoms with Gasteiger partial charge in [-0.3, -0.25) is 0 Å². The molecule has 0 aliphatic carbocycles. The van der Waals surface area contributed by atoms with Crippen LogP contribution in [-0.2, 0) is 22.7 Å². The van der Waals surface area contributed by atoms with Gasteiger partial charge in [-0.25, -0.2) is 0 Å². The zero-order valence-electron chi connectivity index (χ0n) is 25.6. The Bertz CT molecular complexity index is 1400. The maximum Gasteiger partial charge on any atom is 0.188 e. The van der Waals surface area contributed by atoms with Crippen molar-refractivity contribution in [3.05, 3.63) is 125 Å². The summed E-state index contributed by atoms with van der Waals surface area (Å²) in [6.45, 7) is 7.33. The van der Waals surface area contributed by atoms with E-state index in [9.17, 15) is 0 Å². The van der Waals surface area contributed by atoms with E-state index in [4.69, 9.17) is 9.47 Å². The van der Waals surface area contributed by atoms with E-state index < -0.39 is 0 Å². The fourth-order valence-corrected chi connectivity index (χ4v) is 8.22. The fraction of sp³-hybridized carbons (Fsp3) is 0.368. The maximum atomic E-state index is 6.54. The molecule has 220 valence electrons. The van der Waals surface area contributed by atoms with Gasteiger partial charge in [-0.2, -0.15) is 0 Å². The lowest BCUT2D eigenvalue weighted by atomic mass is 9.88. The largest absolute Gasteiger partial charge is 0.467 e. The van der Waals surface area contributed by atoms with Crippen molar-refractivity contribution in [2.24, 2.45) is 0 Å². The lowest BCUT2D eigenvalue weighted by Crippen LogP contribution is -2.33. The monoisotopic (exact) mass is 579 g/mol. The summed E-state index contributed by atoms with van der Waals surface area (Å²) in [4.78, 5) is 2.62. The highest BCUT2D eigenvalue weighted by Crippen LogP contribution is 2.51. The van der Waals surface area contributed by atoms with Gasteiger partial charge in [-0.05, 0) is 65.7 Å². The van der Waals surface area contributed by atoms with Crippen LogP contribution in [0.15, 0.2) is 97.1 Å². The number of hydrogen-bond donors (Lipinski definition) is 0. The Morgan fingerprint density at radius 1 is 0.762 bits per heavy atom. The van der Waals surface area contributed by atoms with Crippen LogP contribution in [0.5, 0.6) is 5.75 Å². The lowest BCUT2D eigenvalue weighted by molar-refractivity contribution is 0.0493. The highest BCUT2D eigenvalue weighted by molar-refractivity contribution is 7.49. The van der Waals surface area contributed by atoms with Crippen molar-refractivity contribution in [2.75, 3.05) is 31.9 Å². The summed E-state index contributed by atoms with van der Waals surface area (Å²) in [7, 11) is 2.33. The Hall–Kier alpha value is -3.13. The second-order valence-corrected chi connectivity index (χ2v) is 13.7. The summed E-state index contributed by atoms with van der Waals surface area (Å²) in [5.74, 6) is 0.997. The third-order valence-corrected chi connectivity index (χ3v) is 10.2. The van der Waals surface area contributed by atoms with Crippen LogP contribution in [0.1, 0.15) is 73.8 Å². The summed E-state index contributed by atoms with van der Waals surface area (Å²) in [6, 6.07) is 35.5. The molecule has 4 aromatic rings. The first-order valence-electron chi connectivity index (χ1n) is 15.6. The Kier molecular flexibility index (Phi) is 10.7. The van der Waals surface area contributed by atoms with Gasteiger partial charge in [0.05, 0.1) is 0 Å². The quantitative estimate of drug-likeness (QED) is 0.117. The molecule has 4 aromatic carbocycles. The molecule has 1 saturated heterocycles. The molecule has 0 N–H and O–H groups in total. The molecule has 42 heavy (non-hydrogen) atoms. The molecule has 1 aliphatic heterocycles. The van der Waals surface area contributed by atoms with Gasteiger partial charge in [-0.1, -0.05) is 120 Å². The Labute approximate surface area is 255 Å². The summed E-state index contributed by atoms with van der Waals surface area (Å²) in [5.41, 5.74) is 7.92. The molecule has 4 heteroatoms. The van der Waals surface area contributed by atoms with Gasteiger partial charge in [-0.15, -0.1) is 0 Å². The topological polar surface area (TPSA) is 21.7 Å². The van der Waals surface area contributed by atoms with Crippen LogP contribution in [0.4, 0.5) is 5.69 Å².